The van der Waals surface area contributed by atoms with Gasteiger partial charge in [0, 0.05) is 44.7 Å². The number of aromatic nitrogens is 1. The minimum absolute atomic E-state index is 0.0940. The van der Waals surface area contributed by atoms with Crippen LogP contribution in [0.4, 0.5) is 10.6 Å². The van der Waals surface area contributed by atoms with E-state index in [1.54, 1.807) is 35.2 Å². The van der Waals surface area contributed by atoms with E-state index in [1.807, 2.05) is 0 Å². The Labute approximate surface area is 266 Å². The molecule has 46 heavy (non-hydrogen) atoms. The number of imide groups is 1. The average Bonchev–Trinajstić information content (AvgIpc) is 3.70. The summed E-state index contributed by atoms with van der Waals surface area (Å²) in [6, 6.07) is 6.89. The molecule has 1 aromatic heterocycles. The molecule has 2 atom stereocenters. The third-order valence-corrected chi connectivity index (χ3v) is 8.90. The number of carbonyl (C=O) groups excluding carboxylic acids is 5. The van der Waals surface area contributed by atoms with Crippen molar-refractivity contribution in [2.75, 3.05) is 58.4 Å². The molecule has 6 amide bonds. The fourth-order valence-corrected chi connectivity index (χ4v) is 6.30. The summed E-state index contributed by atoms with van der Waals surface area (Å²) in [4.78, 5) is 77.0. The Morgan fingerprint density at radius 1 is 1.07 bits per heavy atom. The largest absolute Gasteiger partial charge is 0.497 e. The van der Waals surface area contributed by atoms with Gasteiger partial charge in [-0.15, -0.1) is 0 Å². The number of fused-ring (bicyclic) bond motifs is 1. The van der Waals surface area contributed by atoms with E-state index in [4.69, 9.17) is 9.47 Å². The van der Waals surface area contributed by atoms with E-state index in [-0.39, 0.29) is 54.5 Å². The number of amides is 6. The summed E-state index contributed by atoms with van der Waals surface area (Å²) in [7, 11) is 2.94. The maximum Gasteiger partial charge on any atom is 0.323 e. The standard InChI is InChI=1S/C32H35N7O7/c1-4-36-13-15-37(16-14-36)29(42)24-7-10-27(40)39(24)26-9-8-25(46-3)23(33-26)11-12-32(30(43)34-31(44)35-32)19-38-18-20-5-6-21(45-2)17-22(20)28(38)41/h5-6,8-9,17,24H,4,7,10,13-16,18-19H2,1-3H3,(H2,34,35,43,44). The van der Waals surface area contributed by atoms with Crippen LogP contribution >= 0.6 is 0 Å². The molecule has 0 spiro atoms. The van der Waals surface area contributed by atoms with Crippen LogP contribution in [0, 0.1) is 11.8 Å². The van der Waals surface area contributed by atoms with Crippen molar-refractivity contribution in [3.63, 3.8) is 0 Å². The highest BCUT2D eigenvalue weighted by Crippen LogP contribution is 2.31. The molecule has 6 rings (SSSR count). The third kappa shape index (κ3) is 5.58. The van der Waals surface area contributed by atoms with Crippen LogP contribution in [0.5, 0.6) is 11.5 Å². The summed E-state index contributed by atoms with van der Waals surface area (Å²) in [5.41, 5.74) is -0.503. The van der Waals surface area contributed by atoms with Gasteiger partial charge >= 0.3 is 6.03 Å². The molecule has 14 heteroatoms. The van der Waals surface area contributed by atoms with E-state index >= 15 is 0 Å². The Morgan fingerprint density at radius 2 is 1.85 bits per heavy atom. The molecule has 3 fully saturated rings. The maximum absolute atomic E-state index is 13.6. The van der Waals surface area contributed by atoms with Crippen molar-refractivity contribution >= 4 is 35.5 Å². The van der Waals surface area contributed by atoms with E-state index in [2.05, 4.69) is 39.3 Å². The van der Waals surface area contributed by atoms with E-state index < -0.39 is 23.5 Å². The molecular formula is C32H35N7O7. The summed E-state index contributed by atoms with van der Waals surface area (Å²) in [5.74, 6) is 5.32. The Bertz CT molecular complexity index is 1680. The predicted octanol–water partition coefficient (Wildman–Crippen LogP) is 0.344. The molecule has 2 aromatic rings. The summed E-state index contributed by atoms with van der Waals surface area (Å²) < 4.78 is 10.7. The highest BCUT2D eigenvalue weighted by Gasteiger charge is 2.48. The second kappa shape index (κ2) is 12.3. The van der Waals surface area contributed by atoms with Gasteiger partial charge in [0.25, 0.3) is 11.8 Å². The van der Waals surface area contributed by atoms with Crippen LogP contribution < -0.4 is 25.0 Å². The normalized spacial score (nSPS) is 22.8. The van der Waals surface area contributed by atoms with Gasteiger partial charge in [0.05, 0.1) is 20.8 Å². The molecule has 1 aromatic carbocycles. The fraction of sp³-hybridized carbons (Fsp3) is 0.438. The van der Waals surface area contributed by atoms with Crippen LogP contribution in [0.25, 0.3) is 0 Å². The lowest BCUT2D eigenvalue weighted by Gasteiger charge is -2.36. The zero-order valence-corrected chi connectivity index (χ0v) is 25.9. The van der Waals surface area contributed by atoms with Gasteiger partial charge in [-0.1, -0.05) is 18.9 Å². The summed E-state index contributed by atoms with van der Waals surface area (Å²) in [5, 5.41) is 4.80. The van der Waals surface area contributed by atoms with Gasteiger partial charge in [-0.05, 0) is 48.7 Å². The maximum atomic E-state index is 13.6. The molecule has 4 aliphatic heterocycles. The van der Waals surface area contributed by atoms with Gasteiger partial charge in [-0.25, -0.2) is 9.78 Å². The lowest BCUT2D eigenvalue weighted by Crippen LogP contribution is -2.54. The molecule has 4 aliphatic rings. The van der Waals surface area contributed by atoms with Crippen LogP contribution in [0.15, 0.2) is 30.3 Å². The first kappa shape index (κ1) is 30.8. The molecule has 3 saturated heterocycles. The van der Waals surface area contributed by atoms with Crippen LogP contribution in [-0.4, -0.2) is 114 Å². The Kier molecular flexibility index (Phi) is 8.26. The molecule has 0 aliphatic carbocycles. The lowest BCUT2D eigenvalue weighted by atomic mass is 9.99. The smallest absolute Gasteiger partial charge is 0.323 e. The molecule has 0 radical (unpaired) electrons. The third-order valence-electron chi connectivity index (χ3n) is 8.90. The number of urea groups is 1. The number of benzene rings is 1. The van der Waals surface area contributed by atoms with Crippen molar-refractivity contribution in [3.05, 3.63) is 47.2 Å². The minimum atomic E-state index is -1.79. The number of piperazine rings is 1. The lowest BCUT2D eigenvalue weighted by molar-refractivity contribution is -0.134. The Hall–Kier alpha value is -5.16. The molecule has 5 heterocycles. The first-order chi connectivity index (χ1) is 22.2. The Balaban J connectivity index is 1.29. The number of carbonyl (C=O) groups is 5. The van der Waals surface area contributed by atoms with Crippen molar-refractivity contribution < 1.29 is 33.4 Å². The number of hydrogen-bond donors (Lipinski definition) is 2. The zero-order valence-electron chi connectivity index (χ0n) is 25.9. The van der Waals surface area contributed by atoms with Gasteiger partial charge in [0.2, 0.25) is 17.4 Å². The number of nitrogens with one attached hydrogen (secondary N) is 2. The quantitative estimate of drug-likeness (QED) is 0.326. The second-order valence-corrected chi connectivity index (χ2v) is 11.5. The predicted molar refractivity (Wildman–Crippen MR) is 164 cm³/mol. The van der Waals surface area contributed by atoms with Gasteiger partial charge in [0.15, 0.2) is 11.4 Å². The number of hydrogen-bond acceptors (Lipinski definition) is 9. The minimum Gasteiger partial charge on any atom is -0.497 e. The SMILES string of the molecule is CCN1CCN(C(=O)C2CCC(=O)N2c2ccc(OC)c(C#CC3(CN4Cc5ccc(OC)cc5C4=O)NC(=O)NC3=O)n2)CC1. The zero-order chi connectivity index (χ0) is 32.6. The van der Waals surface area contributed by atoms with Crippen molar-refractivity contribution in [3.8, 4) is 23.3 Å². The topological polar surface area (TPSA) is 154 Å². The van der Waals surface area contributed by atoms with Crippen LogP contribution in [-0.2, 0) is 20.9 Å². The molecule has 0 bridgehead atoms. The summed E-state index contributed by atoms with van der Waals surface area (Å²) >= 11 is 0. The van der Waals surface area contributed by atoms with E-state index in [0.717, 1.165) is 25.2 Å². The summed E-state index contributed by atoms with van der Waals surface area (Å²) in [6.45, 7) is 5.71. The van der Waals surface area contributed by atoms with Crippen molar-refractivity contribution in [2.24, 2.45) is 0 Å². The van der Waals surface area contributed by atoms with Gasteiger partial charge in [-0.3, -0.25) is 29.4 Å². The number of anilines is 1. The molecule has 0 saturated carbocycles. The number of ether oxygens (including phenoxy) is 2. The number of pyridine rings is 1. The summed E-state index contributed by atoms with van der Waals surface area (Å²) in [6.07, 6.45) is 0.571. The van der Waals surface area contributed by atoms with E-state index in [0.29, 0.717) is 30.8 Å². The average molecular weight is 630 g/mol. The van der Waals surface area contributed by atoms with Crippen molar-refractivity contribution in [2.45, 2.75) is 37.9 Å². The molecule has 2 N–H and O–H groups in total. The molecule has 14 nitrogen and oxygen atoms in total. The number of rotatable bonds is 7. The van der Waals surface area contributed by atoms with Gasteiger partial charge in [-0.2, -0.15) is 0 Å². The molecule has 2 unspecified atom stereocenters. The van der Waals surface area contributed by atoms with E-state index in [1.165, 1.54) is 24.0 Å². The van der Waals surface area contributed by atoms with E-state index in [9.17, 15) is 24.0 Å². The van der Waals surface area contributed by atoms with Crippen molar-refractivity contribution in [1.82, 2.24) is 30.3 Å². The number of methoxy groups -OCH3 is 2. The number of likely N-dealkylation sites (N-methyl/N-ethyl adjacent to an activating group) is 1. The number of nitrogens with zero attached hydrogens (tertiary/aromatic N) is 5. The van der Waals surface area contributed by atoms with Crippen LogP contribution in [0.3, 0.4) is 0 Å². The van der Waals surface area contributed by atoms with Crippen molar-refractivity contribution in [1.29, 1.82) is 0 Å². The highest BCUT2D eigenvalue weighted by atomic mass is 16.5. The van der Waals surface area contributed by atoms with Crippen LogP contribution in [0.2, 0.25) is 0 Å². The fourth-order valence-electron chi connectivity index (χ4n) is 6.30. The van der Waals surface area contributed by atoms with Gasteiger partial charge < -0.3 is 29.5 Å². The van der Waals surface area contributed by atoms with Gasteiger partial charge in [0.1, 0.15) is 17.6 Å². The second-order valence-electron chi connectivity index (χ2n) is 11.5. The first-order valence-electron chi connectivity index (χ1n) is 15.2. The van der Waals surface area contributed by atoms with Crippen LogP contribution in [0.1, 0.15) is 41.4 Å². The first-order valence-corrected chi connectivity index (χ1v) is 15.2. The molecule has 240 valence electrons. The highest BCUT2D eigenvalue weighted by molar-refractivity contribution is 6.10. The monoisotopic (exact) mass is 629 g/mol. The molecular weight excluding hydrogens is 594 g/mol. The Morgan fingerprint density at radius 3 is 2.52 bits per heavy atom.